The normalized spacial score (nSPS) is 11.3. The Kier molecular flexibility index (Phi) is 6.99. The van der Waals surface area contributed by atoms with Gasteiger partial charge in [-0.25, -0.2) is 0 Å². The van der Waals surface area contributed by atoms with Crippen LogP contribution in [0.3, 0.4) is 0 Å². The first-order valence-corrected chi connectivity index (χ1v) is 7.51. The van der Waals surface area contributed by atoms with Gasteiger partial charge >= 0.3 is 0 Å². The summed E-state index contributed by atoms with van der Waals surface area (Å²) in [5, 5.41) is 7.41. The predicted octanol–water partition coefficient (Wildman–Crippen LogP) is 2.20. The smallest absolute Gasteiger partial charge is 0.271 e. The van der Waals surface area contributed by atoms with Crippen LogP contribution in [0.25, 0.3) is 0 Å². The highest BCUT2D eigenvalue weighted by atomic mass is 16.6. The maximum Gasteiger partial charge on any atom is 0.271 e. The summed E-state index contributed by atoms with van der Waals surface area (Å²) < 4.78 is 5.34. The lowest BCUT2D eigenvalue weighted by Crippen LogP contribution is -2.25. The molecule has 2 N–H and O–H groups in total. The van der Waals surface area contributed by atoms with Gasteiger partial charge in [-0.05, 0) is 11.1 Å². The van der Waals surface area contributed by atoms with E-state index < -0.39 is 5.91 Å². The molecule has 7 heteroatoms. The lowest BCUT2D eigenvalue weighted by Gasteiger charge is -2.08. The van der Waals surface area contributed by atoms with Crippen LogP contribution in [0.2, 0.25) is 0 Å². The average Bonchev–Trinajstić information content (AvgIpc) is 2.63. The summed E-state index contributed by atoms with van der Waals surface area (Å²) in [4.78, 5) is 21.3. The lowest BCUT2D eigenvalue weighted by atomic mass is 10.0. The van der Waals surface area contributed by atoms with Crippen LogP contribution in [-0.4, -0.2) is 25.1 Å². The zero-order valence-electron chi connectivity index (χ0n) is 13.8. The zero-order chi connectivity index (χ0) is 17.9. The van der Waals surface area contributed by atoms with Gasteiger partial charge < -0.3 is 20.1 Å². The fourth-order valence-corrected chi connectivity index (χ4v) is 2.07. The number of oxime groups is 2. The van der Waals surface area contributed by atoms with Gasteiger partial charge in [0.15, 0.2) is 5.71 Å². The van der Waals surface area contributed by atoms with Crippen molar-refractivity contribution in [2.45, 2.75) is 13.2 Å². The molecule has 7 nitrogen and oxygen atoms in total. The first kappa shape index (κ1) is 18.0. The SMILES string of the molecule is CO/N=C(\C(N)=O)c1ccccc1CO/C=N/OCc1ccccc1. The minimum absolute atomic E-state index is 0.0268. The van der Waals surface area contributed by atoms with E-state index in [1.807, 2.05) is 36.4 Å². The molecule has 0 spiro atoms. The Labute approximate surface area is 145 Å². The van der Waals surface area contributed by atoms with Gasteiger partial charge in [-0.2, -0.15) is 0 Å². The summed E-state index contributed by atoms with van der Waals surface area (Å²) in [6, 6.07) is 16.7. The van der Waals surface area contributed by atoms with Gasteiger partial charge in [0, 0.05) is 5.56 Å². The van der Waals surface area contributed by atoms with Crippen LogP contribution in [0.4, 0.5) is 0 Å². The highest BCUT2D eigenvalue weighted by Crippen LogP contribution is 2.12. The van der Waals surface area contributed by atoms with E-state index in [1.165, 1.54) is 13.5 Å². The molecule has 1 amide bonds. The Balaban J connectivity index is 1.91. The van der Waals surface area contributed by atoms with Gasteiger partial charge in [0.05, 0.1) is 0 Å². The van der Waals surface area contributed by atoms with Gasteiger partial charge in [0.1, 0.15) is 20.3 Å². The van der Waals surface area contributed by atoms with Crippen molar-refractivity contribution < 1.29 is 19.2 Å². The highest BCUT2D eigenvalue weighted by molar-refractivity contribution is 6.45. The molecule has 130 valence electrons. The van der Waals surface area contributed by atoms with E-state index in [4.69, 9.17) is 15.3 Å². The van der Waals surface area contributed by atoms with Crippen LogP contribution < -0.4 is 5.73 Å². The van der Waals surface area contributed by atoms with Crippen LogP contribution in [-0.2, 0) is 32.4 Å². The summed E-state index contributed by atoms with van der Waals surface area (Å²) >= 11 is 0. The molecule has 0 saturated carbocycles. The second kappa shape index (κ2) is 9.71. The maximum atomic E-state index is 11.5. The van der Waals surface area contributed by atoms with Crippen LogP contribution >= 0.6 is 0 Å². The van der Waals surface area contributed by atoms with Gasteiger partial charge in [0.2, 0.25) is 6.40 Å². The number of amides is 1. The minimum Gasteiger partial charge on any atom is -0.476 e. The molecule has 0 heterocycles. The van der Waals surface area contributed by atoms with Crippen molar-refractivity contribution in [3.8, 4) is 0 Å². The number of hydrogen-bond acceptors (Lipinski definition) is 6. The topological polar surface area (TPSA) is 95.5 Å². The van der Waals surface area contributed by atoms with E-state index >= 15 is 0 Å². The fourth-order valence-electron chi connectivity index (χ4n) is 2.07. The molecule has 0 aliphatic heterocycles. The number of primary amides is 1. The highest BCUT2D eigenvalue weighted by Gasteiger charge is 2.15. The van der Waals surface area contributed by atoms with Crippen LogP contribution in [0.5, 0.6) is 0 Å². The third-order valence-corrected chi connectivity index (χ3v) is 3.19. The summed E-state index contributed by atoms with van der Waals surface area (Å²) in [5.74, 6) is -0.686. The number of nitrogens with zero attached hydrogens (tertiary/aromatic N) is 2. The van der Waals surface area contributed by atoms with E-state index in [1.54, 1.807) is 18.2 Å². The number of hydrogen-bond donors (Lipinski definition) is 1. The first-order chi connectivity index (χ1) is 12.2. The van der Waals surface area contributed by atoms with E-state index in [2.05, 4.69) is 15.1 Å². The molecule has 0 aromatic heterocycles. The van der Waals surface area contributed by atoms with E-state index in [9.17, 15) is 4.79 Å². The summed E-state index contributed by atoms with van der Waals surface area (Å²) in [6.07, 6.45) is 1.21. The fraction of sp³-hybridized carbons (Fsp3) is 0.167. The third kappa shape index (κ3) is 5.65. The van der Waals surface area contributed by atoms with Crippen LogP contribution in [0.15, 0.2) is 64.9 Å². The number of carbonyl (C=O) groups excluding carboxylic acids is 1. The number of rotatable bonds is 9. The van der Waals surface area contributed by atoms with Crippen molar-refractivity contribution in [1.29, 1.82) is 0 Å². The summed E-state index contributed by atoms with van der Waals surface area (Å²) in [5.41, 5.74) is 7.62. The standard InChI is InChI=1S/C18H19N3O4/c1-23-21-17(18(19)22)16-10-6-5-9-15(16)12-24-13-20-25-11-14-7-3-2-4-8-14/h2-10,13H,11-12H2,1H3,(H2,19,22)/b20-13+,21-17-. The molecule has 2 aromatic carbocycles. The molecule has 0 atom stereocenters. The Morgan fingerprint density at radius 2 is 1.80 bits per heavy atom. The second-order valence-corrected chi connectivity index (χ2v) is 4.92. The molecular formula is C18H19N3O4. The molecule has 0 radical (unpaired) electrons. The van der Waals surface area contributed by atoms with Gasteiger partial charge in [-0.1, -0.05) is 64.9 Å². The second-order valence-electron chi connectivity index (χ2n) is 4.92. The van der Waals surface area contributed by atoms with Gasteiger partial charge in [-0.3, -0.25) is 4.79 Å². The Hall–Kier alpha value is -3.35. The Bertz CT molecular complexity index is 745. The number of carbonyl (C=O) groups is 1. The molecular weight excluding hydrogens is 322 g/mol. The summed E-state index contributed by atoms with van der Waals surface area (Å²) in [7, 11) is 1.35. The van der Waals surface area contributed by atoms with Crippen molar-refractivity contribution in [2.75, 3.05) is 7.11 Å². The number of ether oxygens (including phenoxy) is 1. The van der Waals surface area contributed by atoms with Crippen LogP contribution in [0, 0.1) is 0 Å². The molecule has 0 saturated heterocycles. The number of benzene rings is 2. The third-order valence-electron chi connectivity index (χ3n) is 3.19. The molecule has 0 aliphatic rings. The van der Waals surface area contributed by atoms with Crippen molar-refractivity contribution in [3.05, 3.63) is 71.3 Å². The van der Waals surface area contributed by atoms with Crippen molar-refractivity contribution in [1.82, 2.24) is 0 Å². The molecule has 25 heavy (non-hydrogen) atoms. The largest absolute Gasteiger partial charge is 0.476 e. The van der Waals surface area contributed by atoms with E-state index in [0.717, 1.165) is 5.56 Å². The van der Waals surface area contributed by atoms with E-state index in [-0.39, 0.29) is 12.3 Å². The zero-order valence-corrected chi connectivity index (χ0v) is 13.8. The maximum absolute atomic E-state index is 11.5. The van der Waals surface area contributed by atoms with Crippen molar-refractivity contribution >= 4 is 18.0 Å². The average molecular weight is 341 g/mol. The quantitative estimate of drug-likeness (QED) is 0.430. The predicted molar refractivity (Wildman–Crippen MR) is 93.7 cm³/mol. The lowest BCUT2D eigenvalue weighted by molar-refractivity contribution is -0.112. The monoisotopic (exact) mass is 341 g/mol. The molecule has 2 rings (SSSR count). The van der Waals surface area contributed by atoms with Gasteiger partial charge in [0.25, 0.3) is 5.91 Å². The molecule has 2 aromatic rings. The summed E-state index contributed by atoms with van der Waals surface area (Å²) in [6.45, 7) is 0.522. The van der Waals surface area contributed by atoms with E-state index in [0.29, 0.717) is 17.7 Å². The first-order valence-electron chi connectivity index (χ1n) is 7.51. The minimum atomic E-state index is -0.686. The van der Waals surface area contributed by atoms with Crippen LogP contribution in [0.1, 0.15) is 16.7 Å². The van der Waals surface area contributed by atoms with Crippen molar-refractivity contribution in [2.24, 2.45) is 16.0 Å². The molecule has 0 unspecified atom stereocenters. The van der Waals surface area contributed by atoms with Gasteiger partial charge in [-0.15, -0.1) is 0 Å². The molecule has 0 fully saturated rings. The molecule has 0 aliphatic carbocycles. The van der Waals surface area contributed by atoms with Crippen molar-refractivity contribution in [3.63, 3.8) is 0 Å². The number of nitrogens with two attached hydrogens (primary N) is 1. The molecule has 0 bridgehead atoms. The Morgan fingerprint density at radius 1 is 1.08 bits per heavy atom. The Morgan fingerprint density at radius 3 is 2.52 bits per heavy atom.